The molecule has 3 nitrogen and oxygen atoms in total. The van der Waals surface area contributed by atoms with Gasteiger partial charge in [-0.25, -0.2) is 0 Å². The van der Waals surface area contributed by atoms with Crippen LogP contribution in [0.2, 0.25) is 12.6 Å². The zero-order valence-corrected chi connectivity index (χ0v) is 10.8. The Bertz CT molecular complexity index is 167. The highest BCUT2D eigenvalue weighted by atomic mass is 28.4. The van der Waals surface area contributed by atoms with Gasteiger partial charge in [-0.3, -0.25) is 8.22 Å². The maximum atomic E-state index is 12.8. The molecule has 6 heteroatoms. The van der Waals surface area contributed by atoms with Crippen molar-refractivity contribution >= 4 is 8.74 Å². The molecule has 0 atom stereocenters. The molecular weight excluding hydrogens is 222 g/mol. The van der Waals surface area contributed by atoms with Gasteiger partial charge in [-0.15, -0.1) is 0 Å². The first kappa shape index (κ1) is 15.0. The van der Waals surface area contributed by atoms with Gasteiger partial charge in [0.2, 0.25) is 0 Å². The molecule has 0 unspecified atom stereocenters. The normalized spacial score (nSPS) is 13.2. The van der Waals surface area contributed by atoms with E-state index in [1.54, 1.807) is 13.8 Å². The third kappa shape index (κ3) is 6.19. The topological polar surface area (TPSA) is 27.7 Å². The fourth-order valence-corrected chi connectivity index (χ4v) is 1.96. The molecule has 0 aromatic heterocycles. The molecule has 0 fully saturated rings. The maximum Gasteiger partial charge on any atom is 0.422 e. The summed E-state index contributed by atoms with van der Waals surface area (Å²) in [7, 11) is -2.68. The molecule has 0 aliphatic rings. The molecule has 0 spiro atoms. The van der Waals surface area contributed by atoms with Crippen molar-refractivity contribution in [3.63, 3.8) is 0 Å². The second-order valence-electron chi connectivity index (χ2n) is 3.32. The summed E-state index contributed by atoms with van der Waals surface area (Å²) in [4.78, 5) is 0. The molecule has 0 aliphatic carbocycles. The van der Waals surface area contributed by atoms with Crippen LogP contribution in [0.1, 0.15) is 20.3 Å². The summed E-state index contributed by atoms with van der Waals surface area (Å²) in [6, 6.07) is -0.194. The molecule has 0 bridgehead atoms. The van der Waals surface area contributed by atoms with E-state index in [-0.39, 0.29) is 12.5 Å². The van der Waals surface area contributed by atoms with E-state index in [9.17, 15) is 8.22 Å². The molecule has 0 radical (unpaired) electrons. The zero-order chi connectivity index (χ0) is 11.9. The zero-order valence-electron chi connectivity index (χ0n) is 9.81. The average Bonchev–Trinajstić information content (AvgIpc) is 2.14. The Morgan fingerprint density at radius 1 is 1.13 bits per heavy atom. The van der Waals surface area contributed by atoms with Gasteiger partial charge in [-0.1, -0.05) is 0 Å². The van der Waals surface area contributed by atoms with E-state index in [1.807, 2.05) is 0 Å². The standard InChI is InChI=1S/C9H20F2O3Si/c1-5-13-9(12-3,14-6-2)7-8-15(4,10)11/h5-8H2,1-4H3. The average molecular weight is 242 g/mol. The van der Waals surface area contributed by atoms with Gasteiger partial charge in [0.15, 0.2) is 0 Å². The first-order valence-corrected chi connectivity index (χ1v) is 7.56. The van der Waals surface area contributed by atoms with Gasteiger partial charge in [-0.2, -0.15) is 0 Å². The highest BCUT2D eigenvalue weighted by Gasteiger charge is 2.37. The summed E-state index contributed by atoms with van der Waals surface area (Å²) in [5.41, 5.74) is 0. The van der Waals surface area contributed by atoms with Gasteiger partial charge in [-0.05, 0) is 20.4 Å². The van der Waals surface area contributed by atoms with Crippen LogP contribution in [0.25, 0.3) is 0 Å². The lowest BCUT2D eigenvalue weighted by atomic mass is 10.4. The van der Waals surface area contributed by atoms with Crippen LogP contribution in [0.5, 0.6) is 0 Å². The van der Waals surface area contributed by atoms with Gasteiger partial charge in [0, 0.05) is 32.8 Å². The smallest absolute Gasteiger partial charge is 0.331 e. The fourth-order valence-electron chi connectivity index (χ4n) is 1.22. The van der Waals surface area contributed by atoms with Crippen LogP contribution in [-0.4, -0.2) is 35.0 Å². The number of hydrogen-bond donors (Lipinski definition) is 0. The molecule has 0 amide bonds. The summed E-state index contributed by atoms with van der Waals surface area (Å²) in [5.74, 6) is -1.30. The Hall–Kier alpha value is -0.0431. The highest BCUT2D eigenvalue weighted by molar-refractivity contribution is 6.64. The van der Waals surface area contributed by atoms with Crippen molar-refractivity contribution in [2.24, 2.45) is 0 Å². The van der Waals surface area contributed by atoms with Gasteiger partial charge in [0.1, 0.15) is 0 Å². The van der Waals surface area contributed by atoms with E-state index in [0.29, 0.717) is 13.2 Å². The van der Waals surface area contributed by atoms with E-state index < -0.39 is 14.7 Å². The summed E-state index contributed by atoms with van der Waals surface area (Å²) in [6.07, 6.45) is 0.0703. The minimum absolute atomic E-state index is 0.0703. The fraction of sp³-hybridized carbons (Fsp3) is 1.00. The lowest BCUT2D eigenvalue weighted by molar-refractivity contribution is -0.370. The summed E-state index contributed by atoms with van der Waals surface area (Å²) in [6.45, 7) is 5.28. The van der Waals surface area contributed by atoms with Crippen molar-refractivity contribution in [3.05, 3.63) is 0 Å². The second kappa shape index (κ2) is 6.52. The first-order valence-electron chi connectivity index (χ1n) is 5.10. The number of hydrogen-bond acceptors (Lipinski definition) is 3. The van der Waals surface area contributed by atoms with Crippen molar-refractivity contribution in [1.82, 2.24) is 0 Å². The van der Waals surface area contributed by atoms with Gasteiger partial charge < -0.3 is 14.2 Å². The maximum absolute atomic E-state index is 12.8. The molecule has 0 N–H and O–H groups in total. The van der Waals surface area contributed by atoms with Crippen molar-refractivity contribution < 1.29 is 22.4 Å². The predicted molar refractivity (Wildman–Crippen MR) is 56.3 cm³/mol. The molecular formula is C9H20F2O3Si. The Morgan fingerprint density at radius 3 is 1.87 bits per heavy atom. The number of methoxy groups -OCH3 is 1. The van der Waals surface area contributed by atoms with Crippen LogP contribution in [0.3, 0.4) is 0 Å². The summed E-state index contributed by atoms with van der Waals surface area (Å²) < 4.78 is 41.3. The van der Waals surface area contributed by atoms with E-state index in [2.05, 4.69) is 0 Å². The third-order valence-corrected chi connectivity index (χ3v) is 3.04. The second-order valence-corrected chi connectivity index (χ2v) is 5.96. The van der Waals surface area contributed by atoms with Crippen LogP contribution in [0.4, 0.5) is 8.22 Å². The Labute approximate surface area is 91.1 Å². The van der Waals surface area contributed by atoms with Crippen LogP contribution < -0.4 is 0 Å². The number of rotatable bonds is 8. The largest absolute Gasteiger partial charge is 0.422 e. The monoisotopic (exact) mass is 242 g/mol. The highest BCUT2D eigenvalue weighted by Crippen LogP contribution is 2.26. The van der Waals surface area contributed by atoms with E-state index in [1.165, 1.54) is 7.11 Å². The van der Waals surface area contributed by atoms with E-state index in [4.69, 9.17) is 14.2 Å². The molecule has 15 heavy (non-hydrogen) atoms. The minimum atomic E-state index is -4.08. The minimum Gasteiger partial charge on any atom is -0.331 e. The van der Waals surface area contributed by atoms with Crippen LogP contribution in [0.15, 0.2) is 0 Å². The number of halogens is 2. The van der Waals surface area contributed by atoms with Crippen LogP contribution in [0, 0.1) is 0 Å². The van der Waals surface area contributed by atoms with Crippen molar-refractivity contribution in [2.45, 2.75) is 38.8 Å². The summed E-state index contributed by atoms with van der Waals surface area (Å²) >= 11 is 0. The van der Waals surface area contributed by atoms with Crippen molar-refractivity contribution in [3.8, 4) is 0 Å². The molecule has 0 saturated heterocycles. The summed E-state index contributed by atoms with van der Waals surface area (Å²) in [5, 5.41) is 0. The van der Waals surface area contributed by atoms with Crippen LogP contribution in [-0.2, 0) is 14.2 Å². The number of ether oxygens (including phenoxy) is 3. The van der Waals surface area contributed by atoms with Crippen molar-refractivity contribution in [2.75, 3.05) is 20.3 Å². The lowest BCUT2D eigenvalue weighted by Crippen LogP contribution is -2.40. The van der Waals surface area contributed by atoms with Gasteiger partial charge in [0.25, 0.3) is 5.97 Å². The predicted octanol–water partition coefficient (Wildman–Crippen LogP) is 2.76. The quantitative estimate of drug-likeness (QED) is 0.372. The Kier molecular flexibility index (Phi) is 6.50. The third-order valence-electron chi connectivity index (χ3n) is 1.91. The molecule has 0 saturated carbocycles. The van der Waals surface area contributed by atoms with E-state index in [0.717, 1.165) is 6.55 Å². The van der Waals surface area contributed by atoms with Gasteiger partial charge >= 0.3 is 8.74 Å². The van der Waals surface area contributed by atoms with E-state index >= 15 is 0 Å². The molecule has 0 rings (SSSR count). The Morgan fingerprint density at radius 2 is 1.60 bits per heavy atom. The van der Waals surface area contributed by atoms with Crippen LogP contribution >= 0.6 is 0 Å². The van der Waals surface area contributed by atoms with Gasteiger partial charge in [0.05, 0.1) is 0 Å². The first-order chi connectivity index (χ1) is 6.89. The molecule has 0 aromatic carbocycles. The molecule has 92 valence electrons. The lowest BCUT2D eigenvalue weighted by Gasteiger charge is -2.31. The molecule has 0 aromatic rings. The van der Waals surface area contributed by atoms with Crippen molar-refractivity contribution in [1.29, 1.82) is 0 Å². The Balaban J connectivity index is 4.33. The SMILES string of the molecule is CCOC(CC[Si](C)(F)F)(OC)OCC. The molecule has 0 aliphatic heterocycles. The molecule has 0 heterocycles.